The van der Waals surface area contributed by atoms with E-state index in [1.165, 1.54) is 62.7 Å². The van der Waals surface area contributed by atoms with E-state index < -0.39 is 0 Å². The van der Waals surface area contributed by atoms with Crippen molar-refractivity contribution in [1.82, 2.24) is 0 Å². The average Bonchev–Trinajstić information content (AvgIpc) is 2.80. The molecule has 1 aromatic rings. The molecule has 0 unspecified atom stereocenters. The van der Waals surface area contributed by atoms with Crippen LogP contribution in [-0.2, 0) is 12.8 Å². The maximum Gasteiger partial charge on any atom is 0.00481 e. The molecule has 0 bridgehead atoms. The van der Waals surface area contributed by atoms with Gasteiger partial charge >= 0.3 is 0 Å². The summed E-state index contributed by atoms with van der Waals surface area (Å²) >= 11 is 1.95. The molecule has 0 aliphatic rings. The first-order valence-corrected chi connectivity index (χ1v) is 8.05. The summed E-state index contributed by atoms with van der Waals surface area (Å²) in [4.78, 5) is 2.98. The van der Waals surface area contributed by atoms with Crippen LogP contribution < -0.4 is 0 Å². The van der Waals surface area contributed by atoms with E-state index in [4.69, 9.17) is 0 Å². The lowest BCUT2D eigenvalue weighted by Gasteiger charge is -2.00. The Balaban J connectivity index is 1.93. The van der Waals surface area contributed by atoms with E-state index in [9.17, 15) is 0 Å². The Morgan fingerprint density at radius 1 is 0.882 bits per heavy atom. The van der Waals surface area contributed by atoms with Gasteiger partial charge in [0.05, 0.1) is 0 Å². The quantitative estimate of drug-likeness (QED) is 0.460. The fourth-order valence-corrected chi connectivity index (χ4v) is 3.08. The number of hydrogen-bond acceptors (Lipinski definition) is 1. The Labute approximate surface area is 111 Å². The molecule has 0 fully saturated rings. The molecule has 1 radical (unpaired) electrons. The van der Waals surface area contributed by atoms with E-state index in [2.05, 4.69) is 26.0 Å². The second-order valence-corrected chi connectivity index (χ2v) is 6.10. The van der Waals surface area contributed by atoms with Gasteiger partial charge in [0.25, 0.3) is 0 Å². The minimum Gasteiger partial charge on any atom is -0.145 e. The van der Waals surface area contributed by atoms with Crippen LogP contribution in [0.15, 0.2) is 12.1 Å². The van der Waals surface area contributed by atoms with E-state index in [0.717, 1.165) is 6.42 Å². The van der Waals surface area contributed by atoms with Crippen LogP contribution >= 0.6 is 11.3 Å². The monoisotopic (exact) mass is 251 g/mol. The molecular formula is C16H27S. The SMILES string of the molecule is [CH2]Cc1ccc(CCCCCCCCCC)s1. The van der Waals surface area contributed by atoms with E-state index in [1.807, 2.05) is 11.3 Å². The summed E-state index contributed by atoms with van der Waals surface area (Å²) in [7, 11) is 0. The summed E-state index contributed by atoms with van der Waals surface area (Å²) in [6, 6.07) is 4.52. The van der Waals surface area contributed by atoms with Crippen LogP contribution in [0.5, 0.6) is 0 Å². The molecule has 1 heterocycles. The zero-order valence-electron chi connectivity index (χ0n) is 11.3. The Kier molecular flexibility index (Phi) is 8.42. The van der Waals surface area contributed by atoms with Gasteiger partial charge in [0.15, 0.2) is 0 Å². The highest BCUT2D eigenvalue weighted by Gasteiger charge is 1.98. The third-order valence-corrected chi connectivity index (χ3v) is 4.45. The van der Waals surface area contributed by atoms with Crippen molar-refractivity contribution in [3.05, 3.63) is 28.8 Å². The van der Waals surface area contributed by atoms with Crippen LogP contribution in [0.25, 0.3) is 0 Å². The van der Waals surface area contributed by atoms with Crippen molar-refractivity contribution >= 4 is 11.3 Å². The fraction of sp³-hybridized carbons (Fsp3) is 0.688. The van der Waals surface area contributed by atoms with Gasteiger partial charge in [-0.25, -0.2) is 0 Å². The van der Waals surface area contributed by atoms with Crippen LogP contribution in [0.3, 0.4) is 0 Å². The van der Waals surface area contributed by atoms with Gasteiger partial charge in [0, 0.05) is 9.75 Å². The highest BCUT2D eigenvalue weighted by molar-refractivity contribution is 7.12. The first-order chi connectivity index (χ1) is 8.36. The normalized spacial score (nSPS) is 10.9. The highest BCUT2D eigenvalue weighted by Crippen LogP contribution is 2.19. The summed E-state index contributed by atoms with van der Waals surface area (Å²) < 4.78 is 0. The summed E-state index contributed by atoms with van der Waals surface area (Å²) in [6.45, 7) is 6.20. The lowest BCUT2D eigenvalue weighted by atomic mass is 10.1. The van der Waals surface area contributed by atoms with Crippen LogP contribution in [-0.4, -0.2) is 0 Å². The van der Waals surface area contributed by atoms with Gasteiger partial charge < -0.3 is 0 Å². The van der Waals surface area contributed by atoms with E-state index in [1.54, 1.807) is 4.88 Å². The number of rotatable bonds is 10. The van der Waals surface area contributed by atoms with Crippen LogP contribution in [0.2, 0.25) is 0 Å². The van der Waals surface area contributed by atoms with Crippen molar-refractivity contribution in [3.8, 4) is 0 Å². The standard InChI is InChI=1S/C16H27S/c1-3-5-6-7-8-9-10-11-12-16-14-13-15(4-2)17-16/h13-14H,2-12H2,1H3. The molecule has 0 saturated heterocycles. The minimum absolute atomic E-state index is 0.947. The first kappa shape index (κ1) is 14.8. The molecule has 0 aliphatic heterocycles. The average molecular weight is 251 g/mol. The predicted octanol–water partition coefficient (Wildman–Crippen LogP) is 5.81. The van der Waals surface area contributed by atoms with Gasteiger partial charge in [0.2, 0.25) is 0 Å². The van der Waals surface area contributed by atoms with Crippen molar-refractivity contribution in [3.63, 3.8) is 0 Å². The molecule has 0 N–H and O–H groups in total. The molecule has 0 aliphatic carbocycles. The largest absolute Gasteiger partial charge is 0.145 e. The zero-order chi connectivity index (χ0) is 12.3. The Hall–Kier alpha value is -0.300. The maximum absolute atomic E-state index is 3.92. The molecule has 0 spiro atoms. The molecule has 17 heavy (non-hydrogen) atoms. The van der Waals surface area contributed by atoms with Crippen LogP contribution in [0, 0.1) is 6.92 Å². The molecule has 1 heteroatoms. The summed E-state index contributed by atoms with van der Waals surface area (Å²) in [5.74, 6) is 0. The molecular weight excluding hydrogens is 224 g/mol. The van der Waals surface area contributed by atoms with E-state index >= 15 is 0 Å². The number of aryl methyl sites for hydroxylation is 1. The topological polar surface area (TPSA) is 0 Å². The van der Waals surface area contributed by atoms with Crippen molar-refractivity contribution < 1.29 is 0 Å². The van der Waals surface area contributed by atoms with Gasteiger partial charge in [-0.2, -0.15) is 0 Å². The van der Waals surface area contributed by atoms with Gasteiger partial charge in [-0.15, -0.1) is 11.3 Å². The number of thiophene rings is 1. The van der Waals surface area contributed by atoms with Crippen molar-refractivity contribution in [2.45, 2.75) is 71.1 Å². The van der Waals surface area contributed by atoms with Gasteiger partial charge in [-0.3, -0.25) is 0 Å². The Morgan fingerprint density at radius 3 is 2.06 bits per heavy atom. The first-order valence-electron chi connectivity index (χ1n) is 7.23. The molecule has 1 rings (SSSR count). The van der Waals surface area contributed by atoms with Gasteiger partial charge in [-0.05, 0) is 38.3 Å². The third kappa shape index (κ3) is 6.88. The van der Waals surface area contributed by atoms with Crippen molar-refractivity contribution in [1.29, 1.82) is 0 Å². The van der Waals surface area contributed by atoms with Gasteiger partial charge in [-0.1, -0.05) is 51.9 Å². The second-order valence-electron chi connectivity index (χ2n) is 4.84. The van der Waals surface area contributed by atoms with E-state index in [-0.39, 0.29) is 0 Å². The number of hydrogen-bond donors (Lipinski definition) is 0. The molecule has 0 nitrogen and oxygen atoms in total. The lowest BCUT2D eigenvalue weighted by Crippen LogP contribution is -1.83. The maximum atomic E-state index is 3.92. The highest BCUT2D eigenvalue weighted by atomic mass is 32.1. The van der Waals surface area contributed by atoms with Crippen molar-refractivity contribution in [2.24, 2.45) is 0 Å². The summed E-state index contributed by atoms with van der Waals surface area (Å²) in [5.41, 5.74) is 0. The third-order valence-electron chi connectivity index (χ3n) is 3.24. The summed E-state index contributed by atoms with van der Waals surface area (Å²) in [6.07, 6.45) is 13.5. The van der Waals surface area contributed by atoms with Crippen LogP contribution in [0.1, 0.15) is 68.0 Å². The van der Waals surface area contributed by atoms with E-state index in [0.29, 0.717) is 0 Å². The molecule has 1 aromatic heterocycles. The Bertz CT molecular complexity index is 275. The molecule has 97 valence electrons. The molecule has 0 saturated carbocycles. The summed E-state index contributed by atoms with van der Waals surface area (Å²) in [5, 5.41) is 0. The molecule has 0 amide bonds. The fourth-order valence-electron chi connectivity index (χ4n) is 2.12. The molecule has 0 atom stereocenters. The predicted molar refractivity (Wildman–Crippen MR) is 79.7 cm³/mol. The number of unbranched alkanes of at least 4 members (excludes halogenated alkanes) is 7. The smallest absolute Gasteiger partial charge is 0.00481 e. The zero-order valence-corrected chi connectivity index (χ0v) is 12.2. The van der Waals surface area contributed by atoms with Crippen molar-refractivity contribution in [2.75, 3.05) is 0 Å². The second kappa shape index (κ2) is 9.70. The Morgan fingerprint density at radius 2 is 1.47 bits per heavy atom. The van der Waals surface area contributed by atoms with Gasteiger partial charge in [0.1, 0.15) is 0 Å². The lowest BCUT2D eigenvalue weighted by molar-refractivity contribution is 0.576. The molecule has 0 aromatic carbocycles. The van der Waals surface area contributed by atoms with Crippen LogP contribution in [0.4, 0.5) is 0 Å². The minimum atomic E-state index is 0.947.